The highest BCUT2D eigenvalue weighted by atomic mass is 35.5. The van der Waals surface area contributed by atoms with Gasteiger partial charge in [-0.2, -0.15) is 0 Å². The summed E-state index contributed by atoms with van der Waals surface area (Å²) in [5.74, 6) is -0.718. The van der Waals surface area contributed by atoms with Crippen LogP contribution in [0, 0.1) is 0 Å². The molecule has 2 N–H and O–H groups in total. The molecule has 0 fully saturated rings. The van der Waals surface area contributed by atoms with E-state index in [-0.39, 0.29) is 17.5 Å². The average Bonchev–Trinajstić information content (AvgIpc) is 2.69. The Kier molecular flexibility index (Phi) is 9.05. The van der Waals surface area contributed by atoms with Crippen molar-refractivity contribution < 1.29 is 9.59 Å². The molecule has 2 rings (SSSR count). The standard InChI is InChI=1S/C22H24Cl2N2O2/c1-2-3-4-8-13-25-22(28)20(14-17-11-12-18(23)15-19(17)24)26-21(27)16-9-6-5-7-10-16/h5-7,9-12,14-15H,2-4,8,13H2,1H3,(H,25,28)(H,26,27)/b20-14-. The van der Waals surface area contributed by atoms with Crippen LogP contribution in [0.3, 0.4) is 0 Å². The minimum atomic E-state index is -0.363. The van der Waals surface area contributed by atoms with Crippen molar-refractivity contribution in [2.75, 3.05) is 6.54 Å². The van der Waals surface area contributed by atoms with Crippen molar-refractivity contribution in [3.05, 3.63) is 75.4 Å². The summed E-state index contributed by atoms with van der Waals surface area (Å²) in [6.07, 6.45) is 5.75. The van der Waals surface area contributed by atoms with E-state index in [1.165, 1.54) is 0 Å². The molecule has 28 heavy (non-hydrogen) atoms. The van der Waals surface area contributed by atoms with Gasteiger partial charge in [0.15, 0.2) is 0 Å². The van der Waals surface area contributed by atoms with Crippen LogP contribution in [0.25, 0.3) is 6.08 Å². The molecule has 0 unspecified atom stereocenters. The predicted molar refractivity (Wildman–Crippen MR) is 115 cm³/mol. The second-order valence-corrected chi connectivity index (χ2v) is 7.20. The van der Waals surface area contributed by atoms with Crippen molar-refractivity contribution in [1.29, 1.82) is 0 Å². The summed E-state index contributed by atoms with van der Waals surface area (Å²) in [6.45, 7) is 2.68. The lowest BCUT2D eigenvalue weighted by atomic mass is 10.1. The molecule has 0 aliphatic rings. The van der Waals surface area contributed by atoms with Crippen LogP contribution >= 0.6 is 23.2 Å². The third-order valence-corrected chi connectivity index (χ3v) is 4.67. The molecule has 0 radical (unpaired) electrons. The molecule has 6 heteroatoms. The first kappa shape index (κ1) is 22.0. The number of halogens is 2. The third kappa shape index (κ3) is 7.02. The van der Waals surface area contributed by atoms with E-state index in [4.69, 9.17) is 23.2 Å². The minimum Gasteiger partial charge on any atom is -0.351 e. The summed E-state index contributed by atoms with van der Waals surface area (Å²) in [5, 5.41) is 6.45. The number of carbonyl (C=O) groups excluding carboxylic acids is 2. The van der Waals surface area contributed by atoms with Gasteiger partial charge in [-0.05, 0) is 42.3 Å². The monoisotopic (exact) mass is 418 g/mol. The minimum absolute atomic E-state index is 0.133. The van der Waals surface area contributed by atoms with Crippen LogP contribution in [0.2, 0.25) is 10.0 Å². The first-order valence-corrected chi connectivity index (χ1v) is 10.1. The summed E-state index contributed by atoms with van der Waals surface area (Å²) in [7, 11) is 0. The van der Waals surface area contributed by atoms with Gasteiger partial charge in [0.1, 0.15) is 5.70 Å². The fourth-order valence-corrected chi connectivity index (χ4v) is 3.03. The van der Waals surface area contributed by atoms with E-state index >= 15 is 0 Å². The van der Waals surface area contributed by atoms with Crippen molar-refractivity contribution in [2.45, 2.75) is 32.6 Å². The van der Waals surface area contributed by atoms with Gasteiger partial charge in [-0.1, -0.05) is 73.7 Å². The lowest BCUT2D eigenvalue weighted by Gasteiger charge is -2.12. The Bertz CT molecular complexity index is 836. The first-order valence-electron chi connectivity index (χ1n) is 9.32. The van der Waals surface area contributed by atoms with E-state index in [0.717, 1.165) is 25.7 Å². The van der Waals surface area contributed by atoms with E-state index in [0.29, 0.717) is 27.7 Å². The van der Waals surface area contributed by atoms with Gasteiger partial charge in [-0.25, -0.2) is 0 Å². The zero-order chi connectivity index (χ0) is 20.4. The Morgan fingerprint density at radius 1 is 1.00 bits per heavy atom. The quantitative estimate of drug-likeness (QED) is 0.419. The first-order chi connectivity index (χ1) is 13.5. The Balaban J connectivity index is 2.18. The SMILES string of the molecule is CCCCCCNC(=O)/C(=C/c1ccc(Cl)cc1Cl)NC(=O)c1ccccc1. The van der Waals surface area contributed by atoms with Gasteiger partial charge in [-0.15, -0.1) is 0 Å². The summed E-state index contributed by atoms with van der Waals surface area (Å²) < 4.78 is 0. The van der Waals surface area contributed by atoms with Crippen molar-refractivity contribution in [3.63, 3.8) is 0 Å². The van der Waals surface area contributed by atoms with Crippen LogP contribution < -0.4 is 10.6 Å². The van der Waals surface area contributed by atoms with E-state index in [9.17, 15) is 9.59 Å². The lowest BCUT2D eigenvalue weighted by Crippen LogP contribution is -2.35. The highest BCUT2D eigenvalue weighted by Gasteiger charge is 2.15. The Hall–Kier alpha value is -2.30. The van der Waals surface area contributed by atoms with Crippen molar-refractivity contribution in [2.24, 2.45) is 0 Å². The number of amides is 2. The smallest absolute Gasteiger partial charge is 0.267 e. The van der Waals surface area contributed by atoms with Crippen LogP contribution in [0.15, 0.2) is 54.2 Å². The zero-order valence-electron chi connectivity index (χ0n) is 15.8. The summed E-state index contributed by atoms with van der Waals surface area (Å²) in [5.41, 5.74) is 1.19. The van der Waals surface area contributed by atoms with Gasteiger partial charge in [0.2, 0.25) is 0 Å². The number of hydrogen-bond acceptors (Lipinski definition) is 2. The van der Waals surface area contributed by atoms with Crippen molar-refractivity contribution in [3.8, 4) is 0 Å². The molecule has 0 bridgehead atoms. The number of rotatable bonds is 9. The average molecular weight is 419 g/mol. The predicted octanol–water partition coefficient (Wildman–Crippen LogP) is 5.46. The van der Waals surface area contributed by atoms with Gasteiger partial charge in [-0.3, -0.25) is 9.59 Å². The highest BCUT2D eigenvalue weighted by molar-refractivity contribution is 6.35. The molecule has 0 aliphatic heterocycles. The zero-order valence-corrected chi connectivity index (χ0v) is 17.3. The molecule has 2 aromatic rings. The largest absolute Gasteiger partial charge is 0.351 e. The molecule has 0 saturated heterocycles. The van der Waals surface area contributed by atoms with E-state index in [1.54, 1.807) is 48.5 Å². The number of nitrogens with one attached hydrogen (secondary N) is 2. The van der Waals surface area contributed by atoms with E-state index in [1.807, 2.05) is 6.07 Å². The molecule has 0 aliphatic carbocycles. The Labute approximate surface area is 175 Å². The third-order valence-electron chi connectivity index (χ3n) is 4.11. The maximum absolute atomic E-state index is 12.7. The van der Waals surface area contributed by atoms with Gasteiger partial charge in [0, 0.05) is 22.2 Å². The molecule has 4 nitrogen and oxygen atoms in total. The van der Waals surface area contributed by atoms with Crippen LogP contribution in [0.1, 0.15) is 48.5 Å². The van der Waals surface area contributed by atoms with Crippen molar-refractivity contribution in [1.82, 2.24) is 10.6 Å². The molecule has 0 spiro atoms. The molecule has 0 aromatic heterocycles. The molecule has 0 saturated carbocycles. The normalized spacial score (nSPS) is 11.2. The molecular formula is C22H24Cl2N2O2. The number of unbranched alkanes of at least 4 members (excludes halogenated alkanes) is 3. The molecule has 148 valence electrons. The highest BCUT2D eigenvalue weighted by Crippen LogP contribution is 2.23. The number of carbonyl (C=O) groups is 2. The topological polar surface area (TPSA) is 58.2 Å². The molecule has 2 amide bonds. The van der Waals surface area contributed by atoms with Gasteiger partial charge >= 0.3 is 0 Å². The maximum Gasteiger partial charge on any atom is 0.267 e. The van der Waals surface area contributed by atoms with E-state index in [2.05, 4.69) is 17.6 Å². The molecule has 0 heterocycles. The second-order valence-electron chi connectivity index (χ2n) is 6.36. The molecule has 2 aromatic carbocycles. The fourth-order valence-electron chi connectivity index (χ4n) is 2.57. The van der Waals surface area contributed by atoms with Crippen molar-refractivity contribution >= 4 is 41.1 Å². The maximum atomic E-state index is 12.7. The Morgan fingerprint density at radius 3 is 2.43 bits per heavy atom. The summed E-state index contributed by atoms with van der Waals surface area (Å²) >= 11 is 12.2. The second kappa shape index (κ2) is 11.5. The number of hydrogen-bond donors (Lipinski definition) is 2. The van der Waals surface area contributed by atoms with Gasteiger partial charge < -0.3 is 10.6 Å². The summed E-state index contributed by atoms with van der Waals surface area (Å²) in [4.78, 5) is 25.2. The van der Waals surface area contributed by atoms with Crippen LogP contribution in [0.4, 0.5) is 0 Å². The fraction of sp³-hybridized carbons (Fsp3) is 0.273. The van der Waals surface area contributed by atoms with Gasteiger partial charge in [0.05, 0.1) is 0 Å². The number of benzene rings is 2. The van der Waals surface area contributed by atoms with Crippen LogP contribution in [-0.4, -0.2) is 18.4 Å². The molecule has 0 atom stereocenters. The van der Waals surface area contributed by atoms with Crippen LogP contribution in [0.5, 0.6) is 0 Å². The summed E-state index contributed by atoms with van der Waals surface area (Å²) in [6, 6.07) is 13.7. The van der Waals surface area contributed by atoms with E-state index < -0.39 is 0 Å². The lowest BCUT2D eigenvalue weighted by molar-refractivity contribution is -0.117. The molecular weight excluding hydrogens is 395 g/mol. The van der Waals surface area contributed by atoms with Gasteiger partial charge in [0.25, 0.3) is 11.8 Å². The van der Waals surface area contributed by atoms with Crippen LogP contribution in [-0.2, 0) is 4.79 Å². The Morgan fingerprint density at radius 2 is 1.75 bits per heavy atom.